The van der Waals surface area contributed by atoms with Crippen LogP contribution in [0.2, 0.25) is 0 Å². The molecule has 0 heterocycles. The van der Waals surface area contributed by atoms with E-state index in [4.69, 9.17) is 0 Å². The number of aryl methyl sites for hydroxylation is 2. The predicted molar refractivity (Wildman–Crippen MR) is 77.7 cm³/mol. The lowest BCUT2D eigenvalue weighted by molar-refractivity contribution is 0.496. The number of nitrogens with one attached hydrogen (secondary N) is 1. The molecule has 1 nitrogen and oxygen atoms in total. The molecule has 1 atom stereocenters. The molecule has 0 spiro atoms. The summed E-state index contributed by atoms with van der Waals surface area (Å²) >= 11 is 0. The summed E-state index contributed by atoms with van der Waals surface area (Å²) in [6.45, 7) is 2.06. The molecule has 0 aromatic heterocycles. The Morgan fingerprint density at radius 2 is 1.70 bits per heavy atom. The summed E-state index contributed by atoms with van der Waals surface area (Å²) in [6.07, 6.45) is 1.73. The van der Waals surface area contributed by atoms with Gasteiger partial charge in [-0.05, 0) is 50.1 Å². The van der Waals surface area contributed by atoms with Crippen molar-refractivity contribution in [2.45, 2.75) is 25.8 Å². The van der Waals surface area contributed by atoms with Gasteiger partial charge in [0.05, 0.1) is 0 Å². The molecule has 20 heavy (non-hydrogen) atoms. The summed E-state index contributed by atoms with van der Waals surface area (Å²) in [4.78, 5) is 0. The molecule has 2 aromatic rings. The van der Waals surface area contributed by atoms with E-state index < -0.39 is 11.6 Å². The van der Waals surface area contributed by atoms with Crippen molar-refractivity contribution in [1.82, 2.24) is 5.32 Å². The fourth-order valence-corrected chi connectivity index (χ4v) is 2.27. The van der Waals surface area contributed by atoms with E-state index in [1.165, 1.54) is 23.3 Å². The lowest BCUT2D eigenvalue weighted by Crippen LogP contribution is -2.17. The van der Waals surface area contributed by atoms with E-state index in [2.05, 4.69) is 36.5 Å². The highest BCUT2D eigenvalue weighted by Gasteiger charge is 2.12. The van der Waals surface area contributed by atoms with Gasteiger partial charge in [0, 0.05) is 6.04 Å². The first-order chi connectivity index (χ1) is 9.60. The van der Waals surface area contributed by atoms with Crippen LogP contribution in [0.4, 0.5) is 8.78 Å². The van der Waals surface area contributed by atoms with Gasteiger partial charge >= 0.3 is 0 Å². The molecular formula is C17H19F2N. The van der Waals surface area contributed by atoms with E-state index in [0.717, 1.165) is 18.4 Å². The van der Waals surface area contributed by atoms with Gasteiger partial charge in [-0.15, -0.1) is 0 Å². The average molecular weight is 275 g/mol. The molecule has 2 aromatic carbocycles. The van der Waals surface area contributed by atoms with Gasteiger partial charge in [-0.25, -0.2) is 8.78 Å². The molecule has 0 aliphatic carbocycles. The normalized spacial score (nSPS) is 12.4. The van der Waals surface area contributed by atoms with Crippen LogP contribution in [0.1, 0.15) is 29.2 Å². The minimum absolute atomic E-state index is 0.0198. The number of hydrogen-bond donors (Lipinski definition) is 1. The van der Waals surface area contributed by atoms with Gasteiger partial charge in [0.25, 0.3) is 0 Å². The fraction of sp³-hybridized carbons (Fsp3) is 0.294. The summed E-state index contributed by atoms with van der Waals surface area (Å²) in [7, 11) is 1.83. The Labute approximate surface area is 118 Å². The van der Waals surface area contributed by atoms with Crippen molar-refractivity contribution in [2.24, 2.45) is 0 Å². The number of benzene rings is 2. The summed E-state index contributed by atoms with van der Waals surface area (Å²) in [5.74, 6) is -1.60. The Kier molecular flexibility index (Phi) is 4.85. The topological polar surface area (TPSA) is 12.0 Å². The van der Waals surface area contributed by atoms with Gasteiger partial charge in [0.1, 0.15) is 0 Å². The first-order valence-corrected chi connectivity index (χ1v) is 6.78. The third kappa shape index (κ3) is 3.64. The van der Waals surface area contributed by atoms with Crippen LogP contribution < -0.4 is 5.32 Å². The van der Waals surface area contributed by atoms with Gasteiger partial charge in [-0.2, -0.15) is 0 Å². The second-order valence-electron chi connectivity index (χ2n) is 5.04. The monoisotopic (exact) mass is 275 g/mol. The van der Waals surface area contributed by atoms with Crippen molar-refractivity contribution in [2.75, 3.05) is 7.05 Å². The van der Waals surface area contributed by atoms with Gasteiger partial charge in [-0.3, -0.25) is 0 Å². The zero-order valence-corrected chi connectivity index (χ0v) is 11.8. The first-order valence-electron chi connectivity index (χ1n) is 6.78. The summed E-state index contributed by atoms with van der Waals surface area (Å²) in [5.41, 5.74) is 3.26. The minimum atomic E-state index is -0.804. The molecule has 2 rings (SSSR count). The lowest BCUT2D eigenvalue weighted by atomic mass is 9.98. The van der Waals surface area contributed by atoms with Crippen molar-refractivity contribution >= 4 is 0 Å². The Morgan fingerprint density at radius 1 is 1.00 bits per heavy atom. The molecule has 0 fully saturated rings. The van der Waals surface area contributed by atoms with E-state index in [1.54, 1.807) is 6.07 Å². The molecule has 0 bridgehead atoms. The van der Waals surface area contributed by atoms with Crippen LogP contribution in [-0.4, -0.2) is 7.05 Å². The average Bonchev–Trinajstić information content (AvgIpc) is 2.45. The number of hydrogen-bond acceptors (Lipinski definition) is 1. The van der Waals surface area contributed by atoms with Crippen molar-refractivity contribution in [3.8, 4) is 0 Å². The third-order valence-corrected chi connectivity index (χ3v) is 3.54. The molecule has 0 radical (unpaired) electrons. The Bertz CT molecular complexity index is 564. The first kappa shape index (κ1) is 14.7. The Balaban J connectivity index is 2.05. The van der Waals surface area contributed by atoms with E-state index in [0.29, 0.717) is 0 Å². The molecule has 0 aliphatic rings. The maximum Gasteiger partial charge on any atom is 0.159 e. The quantitative estimate of drug-likeness (QED) is 0.863. The number of halogens is 2. The molecular weight excluding hydrogens is 256 g/mol. The highest BCUT2D eigenvalue weighted by molar-refractivity contribution is 5.24. The van der Waals surface area contributed by atoms with Crippen LogP contribution in [0, 0.1) is 18.6 Å². The number of rotatable bonds is 5. The largest absolute Gasteiger partial charge is 0.313 e. The zero-order valence-electron chi connectivity index (χ0n) is 11.8. The second-order valence-corrected chi connectivity index (χ2v) is 5.04. The van der Waals surface area contributed by atoms with Crippen LogP contribution in [0.3, 0.4) is 0 Å². The molecule has 3 heteroatoms. The lowest BCUT2D eigenvalue weighted by Gasteiger charge is -2.17. The van der Waals surface area contributed by atoms with E-state index in [-0.39, 0.29) is 6.04 Å². The Hall–Kier alpha value is -1.74. The van der Waals surface area contributed by atoms with Gasteiger partial charge in [0.15, 0.2) is 11.6 Å². The van der Waals surface area contributed by atoms with Crippen LogP contribution in [-0.2, 0) is 6.42 Å². The zero-order chi connectivity index (χ0) is 14.5. The standard InChI is InChI=1S/C17H19F2N/c1-12-3-5-13(6-4-12)7-10-17(20-2)14-8-9-15(18)16(19)11-14/h3-6,8-9,11,17,20H,7,10H2,1-2H3. The summed E-state index contributed by atoms with van der Waals surface area (Å²) in [5, 5.41) is 3.16. The van der Waals surface area contributed by atoms with Crippen molar-refractivity contribution in [3.05, 3.63) is 70.8 Å². The minimum Gasteiger partial charge on any atom is -0.313 e. The van der Waals surface area contributed by atoms with E-state index >= 15 is 0 Å². The molecule has 1 unspecified atom stereocenters. The molecule has 0 amide bonds. The van der Waals surface area contributed by atoms with Gasteiger partial charge in [-0.1, -0.05) is 35.9 Å². The summed E-state index contributed by atoms with van der Waals surface area (Å²) < 4.78 is 26.2. The van der Waals surface area contributed by atoms with Crippen LogP contribution in [0.5, 0.6) is 0 Å². The molecule has 0 saturated heterocycles. The maximum atomic E-state index is 13.3. The maximum absolute atomic E-state index is 13.3. The van der Waals surface area contributed by atoms with Crippen LogP contribution in [0.25, 0.3) is 0 Å². The molecule has 1 N–H and O–H groups in total. The highest BCUT2D eigenvalue weighted by Crippen LogP contribution is 2.21. The van der Waals surface area contributed by atoms with Gasteiger partial charge < -0.3 is 5.32 Å². The molecule has 0 aliphatic heterocycles. The van der Waals surface area contributed by atoms with E-state index in [9.17, 15) is 8.78 Å². The smallest absolute Gasteiger partial charge is 0.159 e. The second kappa shape index (κ2) is 6.62. The van der Waals surface area contributed by atoms with Crippen LogP contribution in [0.15, 0.2) is 42.5 Å². The third-order valence-electron chi connectivity index (χ3n) is 3.54. The van der Waals surface area contributed by atoms with Crippen molar-refractivity contribution in [3.63, 3.8) is 0 Å². The van der Waals surface area contributed by atoms with Gasteiger partial charge in [0.2, 0.25) is 0 Å². The van der Waals surface area contributed by atoms with Crippen molar-refractivity contribution < 1.29 is 8.78 Å². The van der Waals surface area contributed by atoms with E-state index in [1.807, 2.05) is 7.05 Å². The van der Waals surface area contributed by atoms with Crippen molar-refractivity contribution in [1.29, 1.82) is 0 Å². The van der Waals surface area contributed by atoms with Crippen LogP contribution >= 0.6 is 0 Å². The Morgan fingerprint density at radius 3 is 2.30 bits per heavy atom. The molecule has 106 valence electrons. The highest BCUT2D eigenvalue weighted by atomic mass is 19.2. The fourth-order valence-electron chi connectivity index (χ4n) is 2.27. The summed E-state index contributed by atoms with van der Waals surface area (Å²) in [6, 6.07) is 12.5. The predicted octanol–water partition coefficient (Wildman–Crippen LogP) is 4.17. The SMILES string of the molecule is CNC(CCc1ccc(C)cc1)c1ccc(F)c(F)c1. The molecule has 0 saturated carbocycles.